The van der Waals surface area contributed by atoms with E-state index in [1.165, 1.54) is 22.3 Å². The predicted octanol–water partition coefficient (Wildman–Crippen LogP) is 3.86. The Kier molecular flexibility index (Phi) is 4.79. The summed E-state index contributed by atoms with van der Waals surface area (Å²) in [4.78, 5) is 12.1. The quantitative estimate of drug-likeness (QED) is 0.843. The third-order valence-electron chi connectivity index (χ3n) is 2.22. The molecule has 19 heavy (non-hydrogen) atoms. The maximum Gasteiger partial charge on any atom is 0.337 e. The number of carboxylic acids is 1. The van der Waals surface area contributed by atoms with Gasteiger partial charge in [0.1, 0.15) is 0 Å². The molecule has 0 bridgehead atoms. The molecule has 0 saturated carbocycles. The number of hydrogen-bond acceptors (Lipinski definition) is 2. The first kappa shape index (κ1) is 13.9. The number of halogens is 1. The molecule has 2 N–H and O–H groups in total. The predicted molar refractivity (Wildman–Crippen MR) is 85.2 cm³/mol. The van der Waals surface area contributed by atoms with E-state index in [0.717, 1.165) is 9.21 Å². The molecule has 98 valence electrons. The highest BCUT2D eigenvalue weighted by Crippen LogP contribution is 2.19. The summed E-state index contributed by atoms with van der Waals surface area (Å²) in [6.45, 7) is 0. The van der Waals surface area contributed by atoms with Crippen molar-refractivity contribution in [1.29, 1.82) is 0 Å². The molecule has 2 rings (SSSR count). The van der Waals surface area contributed by atoms with Gasteiger partial charge in [-0.3, -0.25) is 0 Å². The van der Waals surface area contributed by atoms with Gasteiger partial charge in [-0.05, 0) is 24.3 Å². The summed E-state index contributed by atoms with van der Waals surface area (Å²) in [6.07, 6.45) is 0. The fraction of sp³-hybridized carbons (Fsp3) is 0. The topological polar surface area (TPSA) is 49.3 Å². The fourth-order valence-corrected chi connectivity index (χ4v) is 3.05. The summed E-state index contributed by atoms with van der Waals surface area (Å²) in [5.74, 6) is -0.949. The zero-order valence-corrected chi connectivity index (χ0v) is 12.1. The van der Waals surface area contributed by atoms with E-state index in [1.807, 2.05) is 17.5 Å². The Hall–Kier alpha value is -1.56. The van der Waals surface area contributed by atoms with Crippen molar-refractivity contribution in [2.45, 2.75) is 0 Å². The molecule has 0 spiro atoms. The molecule has 2 aromatic rings. The van der Waals surface area contributed by atoms with Crippen LogP contribution in [0.4, 0.5) is 5.69 Å². The lowest BCUT2D eigenvalue weighted by Crippen LogP contribution is -2.03. The van der Waals surface area contributed by atoms with Crippen molar-refractivity contribution in [3.05, 3.63) is 51.2 Å². The molecule has 0 radical (unpaired) electrons. The zero-order chi connectivity index (χ0) is 13.7. The minimum atomic E-state index is -0.949. The molecule has 0 unspecified atom stereocenters. The second kappa shape index (κ2) is 6.56. The summed E-state index contributed by atoms with van der Waals surface area (Å²) >= 11 is 7.31. The van der Waals surface area contributed by atoms with Gasteiger partial charge in [0.25, 0.3) is 0 Å². The molecule has 6 heteroatoms. The van der Waals surface area contributed by atoms with E-state index in [4.69, 9.17) is 16.7 Å². The number of carboxylic acid groups (broad SMARTS) is 1. The highest BCUT2D eigenvalue weighted by Gasteiger charge is 2.06. The number of anilines is 1. The van der Waals surface area contributed by atoms with Gasteiger partial charge in [-0.25, -0.2) is 4.79 Å². The largest absolute Gasteiger partial charge is 0.478 e. The number of carbonyl (C=O) groups is 1. The number of aromatic carboxylic acids is 1. The lowest BCUT2D eigenvalue weighted by Gasteiger charge is -2.03. The van der Waals surface area contributed by atoms with Gasteiger partial charge in [-0.1, -0.05) is 23.7 Å². The van der Waals surface area contributed by atoms with Crippen molar-refractivity contribution in [3.63, 3.8) is 0 Å². The van der Waals surface area contributed by atoms with Crippen LogP contribution in [0.5, 0.6) is 0 Å². The van der Waals surface area contributed by atoms with Crippen molar-refractivity contribution in [1.82, 2.24) is 0 Å². The van der Waals surface area contributed by atoms with Crippen LogP contribution in [0.2, 0.25) is 4.34 Å². The van der Waals surface area contributed by atoms with Crippen molar-refractivity contribution < 1.29 is 9.90 Å². The first-order valence-electron chi connectivity index (χ1n) is 5.31. The van der Waals surface area contributed by atoms with Crippen LogP contribution in [0, 0.1) is 0 Å². The second-order valence-electron chi connectivity index (χ2n) is 3.51. The molecule has 0 aliphatic rings. The van der Waals surface area contributed by atoms with Crippen molar-refractivity contribution >= 4 is 56.4 Å². The van der Waals surface area contributed by atoms with Gasteiger partial charge in [-0.2, -0.15) is 0 Å². The first-order valence-corrected chi connectivity index (χ1v) is 7.45. The van der Waals surface area contributed by atoms with Crippen LogP contribution in [-0.4, -0.2) is 21.9 Å². The molecule has 1 heterocycles. The summed E-state index contributed by atoms with van der Waals surface area (Å²) in [5.41, 5.74) is 2.55. The Bertz CT molecular complexity index is 660. The van der Waals surface area contributed by atoms with Crippen LogP contribution in [0.3, 0.4) is 0 Å². The number of para-hydroxylation sites is 1. The van der Waals surface area contributed by atoms with E-state index in [-0.39, 0.29) is 5.56 Å². The molecule has 1 aromatic heterocycles. The average Bonchev–Trinajstić information content (AvgIpc) is 2.81. The third-order valence-corrected chi connectivity index (χ3v) is 4.19. The third kappa shape index (κ3) is 3.96. The standard InChI is InChI=1S/C13H10ClNO2S2/c14-12-6-5-9(19-12)7-18-8-15-11-4-2-1-3-10(11)13(16)17/h1-8,15H,(H,16,17). The molecule has 0 atom stereocenters. The molecule has 0 amide bonds. The van der Waals surface area contributed by atoms with E-state index < -0.39 is 5.97 Å². The molecule has 0 fully saturated rings. The van der Waals surface area contributed by atoms with Crippen LogP contribution in [0.1, 0.15) is 15.2 Å². The molecule has 0 aliphatic heterocycles. The molecular weight excluding hydrogens is 302 g/mol. The second-order valence-corrected chi connectivity index (χ2v) is 6.00. The SMILES string of the molecule is O=C(O)c1ccccc1NC=S=Cc1ccc(Cl)s1. The maximum absolute atomic E-state index is 11.0. The van der Waals surface area contributed by atoms with E-state index >= 15 is 0 Å². The highest BCUT2D eigenvalue weighted by atomic mass is 35.5. The summed E-state index contributed by atoms with van der Waals surface area (Å²) in [7, 11) is 1.43. The first-order chi connectivity index (χ1) is 9.16. The number of benzene rings is 1. The van der Waals surface area contributed by atoms with Gasteiger partial charge in [-0.15, -0.1) is 22.3 Å². The Morgan fingerprint density at radius 2 is 2.11 bits per heavy atom. The molecule has 1 aromatic carbocycles. The number of hydrogen-bond donors (Lipinski definition) is 2. The van der Waals surface area contributed by atoms with Gasteiger partial charge in [0.15, 0.2) is 0 Å². The van der Waals surface area contributed by atoms with Crippen LogP contribution in [0.25, 0.3) is 0 Å². The van der Waals surface area contributed by atoms with Crippen LogP contribution >= 0.6 is 33.9 Å². The summed E-state index contributed by atoms with van der Waals surface area (Å²) in [5, 5.41) is 13.9. The van der Waals surface area contributed by atoms with Gasteiger partial charge in [0.2, 0.25) is 0 Å². The Labute approximate surface area is 123 Å². The zero-order valence-electron chi connectivity index (χ0n) is 9.67. The van der Waals surface area contributed by atoms with E-state index in [2.05, 4.69) is 5.32 Å². The summed E-state index contributed by atoms with van der Waals surface area (Å²) in [6, 6.07) is 10.5. The average molecular weight is 312 g/mol. The lowest BCUT2D eigenvalue weighted by molar-refractivity contribution is 0.0698. The monoisotopic (exact) mass is 311 g/mol. The Balaban J connectivity index is 2.10. The van der Waals surface area contributed by atoms with E-state index in [9.17, 15) is 4.79 Å². The Morgan fingerprint density at radius 1 is 1.32 bits per heavy atom. The normalized spacial score (nSPS) is 9.74. The lowest BCUT2D eigenvalue weighted by atomic mass is 10.2. The van der Waals surface area contributed by atoms with Crippen LogP contribution in [0.15, 0.2) is 36.4 Å². The van der Waals surface area contributed by atoms with Crippen LogP contribution < -0.4 is 5.32 Å². The number of thiophene rings is 1. The van der Waals surface area contributed by atoms with Gasteiger partial charge in [0, 0.05) is 10.2 Å². The van der Waals surface area contributed by atoms with Gasteiger partial charge < -0.3 is 10.4 Å². The smallest absolute Gasteiger partial charge is 0.337 e. The summed E-state index contributed by atoms with van der Waals surface area (Å²) < 4.78 is 0.746. The molecule has 0 aliphatic carbocycles. The highest BCUT2D eigenvalue weighted by molar-refractivity contribution is 7.96. The van der Waals surface area contributed by atoms with Crippen molar-refractivity contribution in [2.75, 3.05) is 5.32 Å². The minimum Gasteiger partial charge on any atom is -0.478 e. The van der Waals surface area contributed by atoms with Gasteiger partial charge in [0.05, 0.1) is 21.1 Å². The molecule has 0 saturated heterocycles. The van der Waals surface area contributed by atoms with Crippen molar-refractivity contribution in [2.24, 2.45) is 0 Å². The minimum absolute atomic E-state index is 0.249. The van der Waals surface area contributed by atoms with E-state index in [1.54, 1.807) is 29.8 Å². The number of rotatable bonds is 4. The maximum atomic E-state index is 11.0. The molecule has 3 nitrogen and oxygen atoms in total. The van der Waals surface area contributed by atoms with Crippen LogP contribution in [-0.2, 0) is 0 Å². The van der Waals surface area contributed by atoms with Gasteiger partial charge >= 0.3 is 5.97 Å². The Morgan fingerprint density at radius 3 is 2.79 bits per heavy atom. The number of nitrogens with one attached hydrogen (secondary N) is 1. The van der Waals surface area contributed by atoms with Crippen molar-refractivity contribution in [3.8, 4) is 0 Å². The molecular formula is C13H10ClNO2S2. The van der Waals surface area contributed by atoms with E-state index in [0.29, 0.717) is 5.69 Å². The fourth-order valence-electron chi connectivity index (χ4n) is 1.39.